The van der Waals surface area contributed by atoms with Gasteiger partial charge in [-0.3, -0.25) is 4.79 Å². The number of aliphatic carboxylic acids is 1. The zero-order valence-electron chi connectivity index (χ0n) is 18.9. The number of halogens is 1. The quantitative estimate of drug-likeness (QED) is 0.375. The van der Waals surface area contributed by atoms with Gasteiger partial charge in [0.15, 0.2) is 0 Å². The standard InChI is InChI=1S/C27H36ClNO2/c1-20-12-13-22(15-21(20)2)16-23(24-10-8-11-26(28)17-24)9-6-4-3-5-7-14-29-18-25(19-29)27(30)31/h8,10-13,15,17,23,25H,3-7,9,14,16,18-19H2,1-2H3,(H,30,31)/t23-/m0/s1. The van der Waals surface area contributed by atoms with Crippen LogP contribution in [0.25, 0.3) is 0 Å². The number of carboxylic acid groups (broad SMARTS) is 1. The molecule has 0 saturated carbocycles. The number of rotatable bonds is 12. The molecule has 2 aromatic carbocycles. The summed E-state index contributed by atoms with van der Waals surface area (Å²) in [5.41, 5.74) is 5.46. The molecule has 0 spiro atoms. The second-order valence-corrected chi connectivity index (χ2v) is 9.66. The predicted octanol–water partition coefficient (Wildman–Crippen LogP) is 6.64. The van der Waals surface area contributed by atoms with Gasteiger partial charge in [0.25, 0.3) is 0 Å². The molecule has 2 aromatic rings. The summed E-state index contributed by atoms with van der Waals surface area (Å²) >= 11 is 6.29. The van der Waals surface area contributed by atoms with Crippen molar-refractivity contribution in [1.82, 2.24) is 4.90 Å². The van der Waals surface area contributed by atoms with Crippen molar-refractivity contribution >= 4 is 17.6 Å². The number of hydrogen-bond donors (Lipinski definition) is 1. The number of carbonyl (C=O) groups is 1. The van der Waals surface area contributed by atoms with E-state index in [9.17, 15) is 4.79 Å². The van der Waals surface area contributed by atoms with Gasteiger partial charge in [0.2, 0.25) is 0 Å². The van der Waals surface area contributed by atoms with E-state index >= 15 is 0 Å². The van der Waals surface area contributed by atoms with Crippen LogP contribution >= 0.6 is 11.6 Å². The van der Waals surface area contributed by atoms with Crippen LogP contribution in [0.4, 0.5) is 0 Å². The Bertz CT molecular complexity index is 860. The number of carboxylic acids is 1. The number of benzene rings is 2. The molecule has 1 heterocycles. The van der Waals surface area contributed by atoms with Crippen molar-refractivity contribution in [2.45, 2.75) is 64.7 Å². The monoisotopic (exact) mass is 441 g/mol. The van der Waals surface area contributed by atoms with Crippen LogP contribution in [0.3, 0.4) is 0 Å². The first kappa shape index (κ1) is 23.8. The molecule has 3 nitrogen and oxygen atoms in total. The average molecular weight is 442 g/mol. The van der Waals surface area contributed by atoms with Gasteiger partial charge in [-0.2, -0.15) is 0 Å². The maximum absolute atomic E-state index is 10.9. The van der Waals surface area contributed by atoms with E-state index in [1.165, 1.54) is 60.8 Å². The third kappa shape index (κ3) is 7.36. The van der Waals surface area contributed by atoms with Gasteiger partial charge in [-0.25, -0.2) is 0 Å². The van der Waals surface area contributed by atoms with Gasteiger partial charge < -0.3 is 10.0 Å². The maximum atomic E-state index is 10.9. The summed E-state index contributed by atoms with van der Waals surface area (Å²) < 4.78 is 0. The summed E-state index contributed by atoms with van der Waals surface area (Å²) in [6.07, 6.45) is 8.37. The van der Waals surface area contributed by atoms with E-state index in [1.54, 1.807) is 0 Å². The summed E-state index contributed by atoms with van der Waals surface area (Å²) in [5, 5.41) is 9.76. The van der Waals surface area contributed by atoms with E-state index < -0.39 is 5.97 Å². The van der Waals surface area contributed by atoms with Crippen molar-refractivity contribution in [3.8, 4) is 0 Å². The van der Waals surface area contributed by atoms with E-state index in [-0.39, 0.29) is 5.92 Å². The predicted molar refractivity (Wildman–Crippen MR) is 129 cm³/mol. The summed E-state index contributed by atoms with van der Waals surface area (Å²) in [4.78, 5) is 13.1. The lowest BCUT2D eigenvalue weighted by Crippen LogP contribution is -2.50. The molecule has 0 aromatic heterocycles. The topological polar surface area (TPSA) is 40.5 Å². The van der Waals surface area contributed by atoms with Gasteiger partial charge in [0.1, 0.15) is 0 Å². The molecule has 31 heavy (non-hydrogen) atoms. The third-order valence-corrected chi connectivity index (χ3v) is 6.94. The van der Waals surface area contributed by atoms with E-state index in [0.29, 0.717) is 5.92 Å². The van der Waals surface area contributed by atoms with Gasteiger partial charge in [-0.05, 0) is 80.0 Å². The molecule has 0 radical (unpaired) electrons. The van der Waals surface area contributed by atoms with Crippen LogP contribution in [-0.2, 0) is 11.2 Å². The highest BCUT2D eigenvalue weighted by Gasteiger charge is 2.31. The minimum Gasteiger partial charge on any atom is -0.481 e. The number of aryl methyl sites for hydroxylation is 2. The van der Waals surface area contributed by atoms with Crippen molar-refractivity contribution < 1.29 is 9.90 Å². The lowest BCUT2D eigenvalue weighted by molar-refractivity contribution is -0.147. The highest BCUT2D eigenvalue weighted by atomic mass is 35.5. The van der Waals surface area contributed by atoms with Crippen molar-refractivity contribution in [1.29, 1.82) is 0 Å². The minimum atomic E-state index is -0.647. The molecule has 1 aliphatic rings. The first-order valence-electron chi connectivity index (χ1n) is 11.7. The van der Waals surface area contributed by atoms with Crippen LogP contribution in [0.5, 0.6) is 0 Å². The smallest absolute Gasteiger partial charge is 0.309 e. The van der Waals surface area contributed by atoms with Crippen molar-refractivity contribution in [3.05, 3.63) is 69.7 Å². The largest absolute Gasteiger partial charge is 0.481 e. The second kappa shape index (κ2) is 11.7. The zero-order valence-corrected chi connectivity index (χ0v) is 19.7. The highest BCUT2D eigenvalue weighted by Crippen LogP contribution is 2.29. The van der Waals surface area contributed by atoms with Crippen LogP contribution in [-0.4, -0.2) is 35.6 Å². The molecule has 1 atom stereocenters. The fraction of sp³-hybridized carbons (Fsp3) is 0.519. The zero-order chi connectivity index (χ0) is 22.2. The SMILES string of the molecule is Cc1ccc(C[C@H](CCCCCCCN2CC(C(=O)O)C2)c2cccc(Cl)c2)cc1C. The lowest BCUT2D eigenvalue weighted by atomic mass is 9.86. The lowest BCUT2D eigenvalue weighted by Gasteiger charge is -2.36. The Kier molecular flexibility index (Phi) is 8.98. The second-order valence-electron chi connectivity index (χ2n) is 9.23. The Labute approximate surface area is 192 Å². The van der Waals surface area contributed by atoms with E-state index in [0.717, 1.165) is 31.1 Å². The molecule has 0 unspecified atom stereocenters. The molecular weight excluding hydrogens is 406 g/mol. The van der Waals surface area contributed by atoms with Crippen LogP contribution in [0.15, 0.2) is 42.5 Å². The number of nitrogens with zero attached hydrogens (tertiary/aromatic N) is 1. The molecular formula is C27H36ClNO2. The summed E-state index contributed by atoms with van der Waals surface area (Å²) in [6, 6.07) is 15.2. The molecule has 0 aliphatic carbocycles. The van der Waals surface area contributed by atoms with E-state index in [4.69, 9.17) is 16.7 Å². The number of likely N-dealkylation sites (tertiary alicyclic amines) is 1. The summed E-state index contributed by atoms with van der Waals surface area (Å²) in [5.74, 6) is -0.290. The van der Waals surface area contributed by atoms with Crippen LogP contribution in [0.2, 0.25) is 5.02 Å². The molecule has 1 aliphatic heterocycles. The van der Waals surface area contributed by atoms with E-state index in [2.05, 4.69) is 55.1 Å². The van der Waals surface area contributed by atoms with Gasteiger partial charge in [0, 0.05) is 18.1 Å². The van der Waals surface area contributed by atoms with Crippen molar-refractivity contribution in [3.63, 3.8) is 0 Å². The molecule has 0 bridgehead atoms. The van der Waals surface area contributed by atoms with E-state index in [1.807, 2.05) is 6.07 Å². The average Bonchev–Trinajstić information content (AvgIpc) is 2.70. The first-order valence-corrected chi connectivity index (χ1v) is 12.1. The molecule has 3 rings (SSSR count). The van der Waals surface area contributed by atoms with Crippen LogP contribution in [0.1, 0.15) is 66.7 Å². The Morgan fingerprint density at radius 2 is 1.77 bits per heavy atom. The maximum Gasteiger partial charge on any atom is 0.309 e. The Morgan fingerprint density at radius 1 is 1.03 bits per heavy atom. The van der Waals surface area contributed by atoms with Gasteiger partial charge in [0.05, 0.1) is 5.92 Å². The minimum absolute atomic E-state index is 0.138. The number of hydrogen-bond acceptors (Lipinski definition) is 2. The van der Waals surface area contributed by atoms with Gasteiger partial charge in [-0.15, -0.1) is 0 Å². The molecule has 1 N–H and O–H groups in total. The molecule has 1 fully saturated rings. The molecule has 168 valence electrons. The molecule has 0 amide bonds. The highest BCUT2D eigenvalue weighted by molar-refractivity contribution is 6.30. The summed E-state index contributed by atoms with van der Waals surface area (Å²) in [7, 11) is 0. The van der Waals surface area contributed by atoms with Gasteiger partial charge in [-0.1, -0.05) is 67.6 Å². The first-order chi connectivity index (χ1) is 14.9. The molecule has 1 saturated heterocycles. The van der Waals surface area contributed by atoms with Crippen LogP contribution in [0, 0.1) is 19.8 Å². The normalized spacial score (nSPS) is 15.6. The Hall–Kier alpha value is -1.84. The fourth-order valence-corrected chi connectivity index (χ4v) is 4.73. The number of unbranched alkanes of at least 4 members (excludes halogenated alkanes) is 4. The Balaban J connectivity index is 1.42. The summed E-state index contributed by atoms with van der Waals surface area (Å²) in [6.45, 7) is 6.86. The molecule has 4 heteroatoms. The fourth-order valence-electron chi connectivity index (χ4n) is 4.53. The van der Waals surface area contributed by atoms with Gasteiger partial charge >= 0.3 is 5.97 Å². The van der Waals surface area contributed by atoms with Crippen molar-refractivity contribution in [2.75, 3.05) is 19.6 Å². The van der Waals surface area contributed by atoms with Crippen LogP contribution < -0.4 is 0 Å². The van der Waals surface area contributed by atoms with Crippen molar-refractivity contribution in [2.24, 2.45) is 5.92 Å². The Morgan fingerprint density at radius 3 is 2.48 bits per heavy atom. The third-order valence-electron chi connectivity index (χ3n) is 6.71.